The number of azo groups is 1. The first-order chi connectivity index (χ1) is 21.4. The van der Waals surface area contributed by atoms with Crippen molar-refractivity contribution in [3.05, 3.63) is 118 Å². The van der Waals surface area contributed by atoms with E-state index in [0.29, 0.717) is 24.5 Å². The summed E-state index contributed by atoms with van der Waals surface area (Å²) in [7, 11) is 1.62. The molecule has 0 aliphatic heterocycles. The van der Waals surface area contributed by atoms with Crippen molar-refractivity contribution in [2.75, 3.05) is 20.3 Å². The number of non-ortho nitro benzene ring substituents is 1. The molecule has 0 bridgehead atoms. The van der Waals surface area contributed by atoms with Gasteiger partial charge < -0.3 is 14.2 Å². The molecule has 4 rings (SSSR count). The molecule has 44 heavy (non-hydrogen) atoms. The van der Waals surface area contributed by atoms with Crippen molar-refractivity contribution in [3.63, 3.8) is 0 Å². The van der Waals surface area contributed by atoms with Gasteiger partial charge in [-0.3, -0.25) is 30.6 Å². The number of benzene rings is 4. The molecule has 0 aliphatic carbocycles. The summed E-state index contributed by atoms with van der Waals surface area (Å²) in [5.41, 5.74) is 6.43. The molecule has 0 aromatic heterocycles. The number of nitro groups is 1. The molecule has 0 aliphatic rings. The Morgan fingerprint density at radius 3 is 1.48 bits per heavy atom. The van der Waals surface area contributed by atoms with Crippen molar-refractivity contribution in [2.45, 2.75) is 19.3 Å². The maximum absolute atomic E-state index is 12.3. The number of hydrogen-bond acceptors (Lipinski definition) is 9. The molecule has 0 atom stereocenters. The van der Waals surface area contributed by atoms with Crippen molar-refractivity contribution in [1.82, 2.24) is 10.9 Å². The highest BCUT2D eigenvalue weighted by atomic mass is 16.6. The molecule has 0 saturated heterocycles. The Labute approximate surface area is 253 Å². The van der Waals surface area contributed by atoms with Gasteiger partial charge in [0, 0.05) is 23.3 Å². The first-order valence-corrected chi connectivity index (χ1v) is 13.8. The maximum atomic E-state index is 12.3. The van der Waals surface area contributed by atoms with Gasteiger partial charge >= 0.3 is 0 Å². The molecular formula is C32H31N5O7. The van der Waals surface area contributed by atoms with Crippen LogP contribution in [0.2, 0.25) is 0 Å². The van der Waals surface area contributed by atoms with E-state index >= 15 is 0 Å². The van der Waals surface area contributed by atoms with Crippen LogP contribution in [0.25, 0.3) is 0 Å². The third-order valence-electron chi connectivity index (χ3n) is 6.26. The zero-order valence-electron chi connectivity index (χ0n) is 24.0. The van der Waals surface area contributed by atoms with Crippen LogP contribution in [0.3, 0.4) is 0 Å². The van der Waals surface area contributed by atoms with Gasteiger partial charge in [-0.25, -0.2) is 0 Å². The van der Waals surface area contributed by atoms with E-state index in [-0.39, 0.29) is 11.3 Å². The highest BCUT2D eigenvalue weighted by molar-refractivity contribution is 5.99. The minimum absolute atomic E-state index is 0.133. The van der Waals surface area contributed by atoms with Crippen LogP contribution < -0.4 is 25.1 Å². The third kappa shape index (κ3) is 9.65. The third-order valence-corrected chi connectivity index (χ3v) is 6.26. The monoisotopic (exact) mass is 597 g/mol. The molecular weight excluding hydrogens is 566 g/mol. The summed E-state index contributed by atoms with van der Waals surface area (Å²) in [5.74, 6) is 1.04. The molecule has 226 valence electrons. The Balaban J connectivity index is 1.08. The number of hydrazine groups is 1. The minimum atomic E-state index is -0.597. The standard InChI is InChI=1S/C32H31N5O7/c1-42-28-17-9-25(10-18-28)33-34-26-11-19-30(20-12-26)44-22-4-2-3-21-43-29-15-7-24(8-16-29)32(39)36-35-31(38)23-5-13-27(14-6-23)37(40)41/h5-20H,2-4,21-22H2,1H3,(H,35,38)(H,36,39). The number of nitrogens with one attached hydrogen (secondary N) is 2. The topological polar surface area (TPSA) is 154 Å². The van der Waals surface area contributed by atoms with Crippen LogP contribution >= 0.6 is 0 Å². The van der Waals surface area contributed by atoms with Gasteiger partial charge in [-0.2, -0.15) is 10.2 Å². The van der Waals surface area contributed by atoms with Crippen LogP contribution in [-0.4, -0.2) is 37.1 Å². The average molecular weight is 598 g/mol. The van der Waals surface area contributed by atoms with Crippen LogP contribution in [0.15, 0.2) is 107 Å². The second kappa shape index (κ2) is 16.0. The zero-order valence-corrected chi connectivity index (χ0v) is 24.0. The van der Waals surface area contributed by atoms with E-state index in [1.165, 1.54) is 24.3 Å². The molecule has 12 nitrogen and oxygen atoms in total. The molecule has 4 aromatic rings. The molecule has 2 amide bonds. The fraction of sp³-hybridized carbons (Fsp3) is 0.188. The zero-order chi connectivity index (χ0) is 31.1. The summed E-state index contributed by atoms with van der Waals surface area (Å²) in [6.07, 6.45) is 2.63. The summed E-state index contributed by atoms with van der Waals surface area (Å²) in [5, 5.41) is 19.2. The van der Waals surface area contributed by atoms with Crippen LogP contribution in [-0.2, 0) is 0 Å². The fourth-order valence-electron chi connectivity index (χ4n) is 3.83. The van der Waals surface area contributed by atoms with Gasteiger partial charge in [0.05, 0.1) is 36.6 Å². The maximum Gasteiger partial charge on any atom is 0.269 e. The summed E-state index contributed by atoms with van der Waals surface area (Å²) >= 11 is 0. The lowest BCUT2D eigenvalue weighted by Crippen LogP contribution is -2.41. The lowest BCUT2D eigenvalue weighted by atomic mass is 10.2. The van der Waals surface area contributed by atoms with E-state index in [9.17, 15) is 19.7 Å². The Morgan fingerprint density at radius 2 is 1.05 bits per heavy atom. The molecule has 0 unspecified atom stereocenters. The van der Waals surface area contributed by atoms with Crippen molar-refractivity contribution >= 4 is 28.9 Å². The van der Waals surface area contributed by atoms with E-state index in [4.69, 9.17) is 14.2 Å². The Bertz CT molecular complexity index is 1560. The van der Waals surface area contributed by atoms with Gasteiger partial charge in [0.2, 0.25) is 0 Å². The number of rotatable bonds is 14. The van der Waals surface area contributed by atoms with Crippen molar-refractivity contribution < 1.29 is 28.7 Å². The van der Waals surface area contributed by atoms with Crippen molar-refractivity contribution in [2.24, 2.45) is 10.2 Å². The first kappa shape index (κ1) is 31.2. The van der Waals surface area contributed by atoms with E-state index in [1.54, 1.807) is 31.4 Å². The summed E-state index contributed by atoms with van der Waals surface area (Å²) in [6.45, 7) is 1.10. The molecule has 4 aromatic carbocycles. The number of carbonyl (C=O) groups is 2. The quantitative estimate of drug-likeness (QED) is 0.0708. The van der Waals surface area contributed by atoms with Crippen LogP contribution in [0.4, 0.5) is 17.1 Å². The predicted molar refractivity (Wildman–Crippen MR) is 163 cm³/mol. The number of hydrogen-bond donors (Lipinski definition) is 2. The van der Waals surface area contributed by atoms with Crippen LogP contribution in [0, 0.1) is 10.1 Å². The lowest BCUT2D eigenvalue weighted by Gasteiger charge is -2.09. The molecule has 12 heteroatoms. The molecule has 2 N–H and O–H groups in total. The molecule has 0 saturated carbocycles. The fourth-order valence-corrected chi connectivity index (χ4v) is 3.83. The van der Waals surface area contributed by atoms with E-state index < -0.39 is 16.7 Å². The Kier molecular flexibility index (Phi) is 11.3. The Hall–Kier alpha value is -5.78. The van der Waals surface area contributed by atoms with Gasteiger partial charge in [0.25, 0.3) is 17.5 Å². The average Bonchev–Trinajstić information content (AvgIpc) is 3.06. The Morgan fingerprint density at radius 1 is 0.636 bits per heavy atom. The number of carbonyl (C=O) groups excluding carboxylic acids is 2. The molecule has 0 heterocycles. The number of amides is 2. The SMILES string of the molecule is COc1ccc(N=Nc2ccc(OCCCCCOc3ccc(C(=O)NNC(=O)c4ccc([N+](=O)[O-])cc4)cc3)cc2)cc1. The lowest BCUT2D eigenvalue weighted by molar-refractivity contribution is -0.384. The highest BCUT2D eigenvalue weighted by Crippen LogP contribution is 2.23. The predicted octanol–water partition coefficient (Wildman–Crippen LogP) is 6.72. The van der Waals surface area contributed by atoms with Crippen LogP contribution in [0.1, 0.15) is 40.0 Å². The minimum Gasteiger partial charge on any atom is -0.497 e. The van der Waals surface area contributed by atoms with Gasteiger partial charge in [-0.1, -0.05) is 0 Å². The second-order valence-electron chi connectivity index (χ2n) is 9.39. The first-order valence-electron chi connectivity index (χ1n) is 13.8. The molecule has 0 spiro atoms. The highest BCUT2D eigenvalue weighted by Gasteiger charge is 2.11. The summed E-state index contributed by atoms with van der Waals surface area (Å²) < 4.78 is 16.7. The summed E-state index contributed by atoms with van der Waals surface area (Å²) in [6, 6.07) is 26.3. The smallest absolute Gasteiger partial charge is 0.269 e. The second-order valence-corrected chi connectivity index (χ2v) is 9.39. The van der Waals surface area contributed by atoms with Crippen molar-refractivity contribution in [1.29, 1.82) is 0 Å². The van der Waals surface area contributed by atoms with Gasteiger partial charge in [0.1, 0.15) is 17.2 Å². The molecule has 0 radical (unpaired) electrons. The van der Waals surface area contributed by atoms with Gasteiger partial charge in [-0.15, -0.1) is 0 Å². The van der Waals surface area contributed by atoms with Crippen LogP contribution in [0.5, 0.6) is 17.2 Å². The molecule has 0 fully saturated rings. The van der Waals surface area contributed by atoms with E-state index in [1.807, 2.05) is 48.5 Å². The van der Waals surface area contributed by atoms with Crippen molar-refractivity contribution in [3.8, 4) is 17.2 Å². The number of ether oxygens (including phenoxy) is 3. The largest absolute Gasteiger partial charge is 0.497 e. The normalized spacial score (nSPS) is 10.7. The van der Waals surface area contributed by atoms with Gasteiger partial charge in [0.15, 0.2) is 0 Å². The van der Waals surface area contributed by atoms with E-state index in [2.05, 4.69) is 21.1 Å². The number of methoxy groups -OCH3 is 1. The number of nitro benzene ring substituents is 1. The number of unbranched alkanes of at least 4 members (excludes halogenated alkanes) is 2. The van der Waals surface area contributed by atoms with E-state index in [0.717, 1.165) is 42.1 Å². The summed E-state index contributed by atoms with van der Waals surface area (Å²) in [4.78, 5) is 34.7. The number of nitrogens with zero attached hydrogens (tertiary/aromatic N) is 3. The van der Waals surface area contributed by atoms with Gasteiger partial charge in [-0.05, 0) is 104 Å².